The molecular formula is C19H20ClN3O4. The molecule has 27 heavy (non-hydrogen) atoms. The molecule has 0 aliphatic carbocycles. The summed E-state index contributed by atoms with van der Waals surface area (Å²) in [4.78, 5) is 28.1. The molecule has 3 fully saturated rings. The SMILES string of the molecule is CN[C@]12C(=O)N(c3ccc(C#N)c(C)c3Cl)C(=O)C1C1(C)OC2(C)C[C@@H]1O. The summed E-state index contributed by atoms with van der Waals surface area (Å²) < 4.78 is 6.08. The monoisotopic (exact) mass is 389 g/mol. The Balaban J connectivity index is 1.92. The summed E-state index contributed by atoms with van der Waals surface area (Å²) in [5, 5.41) is 22.9. The molecule has 142 valence electrons. The molecule has 3 unspecified atom stereocenters. The van der Waals surface area contributed by atoms with Crippen molar-refractivity contribution in [1.82, 2.24) is 5.32 Å². The van der Waals surface area contributed by atoms with Gasteiger partial charge in [0.1, 0.15) is 17.1 Å². The molecule has 7 nitrogen and oxygen atoms in total. The summed E-state index contributed by atoms with van der Waals surface area (Å²) in [6, 6.07) is 5.09. The third kappa shape index (κ3) is 1.82. The van der Waals surface area contributed by atoms with Crippen LogP contribution in [0.25, 0.3) is 0 Å². The first-order chi connectivity index (χ1) is 12.6. The van der Waals surface area contributed by atoms with Crippen molar-refractivity contribution in [3.8, 4) is 6.07 Å². The lowest BCUT2D eigenvalue weighted by molar-refractivity contribution is -0.132. The topological polar surface area (TPSA) is 103 Å². The summed E-state index contributed by atoms with van der Waals surface area (Å²) >= 11 is 6.42. The van der Waals surface area contributed by atoms with Crippen molar-refractivity contribution in [1.29, 1.82) is 5.26 Å². The average Bonchev–Trinajstić information content (AvgIpc) is 3.08. The van der Waals surface area contributed by atoms with Crippen molar-refractivity contribution in [3.05, 3.63) is 28.3 Å². The van der Waals surface area contributed by atoms with Gasteiger partial charge in [-0.15, -0.1) is 0 Å². The highest BCUT2D eigenvalue weighted by Gasteiger charge is 2.83. The van der Waals surface area contributed by atoms with E-state index in [0.29, 0.717) is 11.1 Å². The molecule has 3 aliphatic rings. The Morgan fingerprint density at radius 1 is 1.41 bits per heavy atom. The number of hydrogen-bond acceptors (Lipinski definition) is 6. The number of aliphatic hydroxyl groups excluding tert-OH is 1. The Morgan fingerprint density at radius 2 is 2.07 bits per heavy atom. The van der Waals surface area contributed by atoms with E-state index in [-0.39, 0.29) is 17.1 Å². The standard InChI is InChI=1S/C19H20ClN3O4/c1-9-10(8-21)5-6-11(13(9)20)23-15(25)14-18(3)12(24)7-17(2,27-18)19(14,22-4)16(23)26/h5-6,12,14,22,24H,7H2,1-4H3/t12-,14?,17?,18?,19-/m0/s1. The number of rotatable bonds is 2. The fraction of sp³-hybridized carbons (Fsp3) is 0.526. The third-order valence-corrected chi connectivity index (χ3v) is 7.14. The van der Waals surface area contributed by atoms with E-state index in [4.69, 9.17) is 16.3 Å². The zero-order valence-electron chi connectivity index (χ0n) is 15.5. The van der Waals surface area contributed by atoms with E-state index >= 15 is 0 Å². The van der Waals surface area contributed by atoms with Crippen molar-refractivity contribution < 1.29 is 19.4 Å². The quantitative estimate of drug-likeness (QED) is 0.739. The van der Waals surface area contributed by atoms with Crippen LogP contribution in [0.1, 0.15) is 31.4 Å². The molecule has 0 saturated carbocycles. The first-order valence-corrected chi connectivity index (χ1v) is 9.11. The second kappa shape index (κ2) is 5.30. The maximum absolute atomic E-state index is 13.6. The van der Waals surface area contributed by atoms with Gasteiger partial charge in [-0.25, -0.2) is 4.90 Å². The normalized spacial score (nSPS) is 39.8. The first-order valence-electron chi connectivity index (χ1n) is 8.74. The lowest BCUT2D eigenvalue weighted by Gasteiger charge is -2.42. The van der Waals surface area contributed by atoms with Gasteiger partial charge in [0, 0.05) is 6.42 Å². The molecule has 1 aromatic carbocycles. The van der Waals surface area contributed by atoms with Crippen LogP contribution in [0.5, 0.6) is 0 Å². The highest BCUT2D eigenvalue weighted by atomic mass is 35.5. The fourth-order valence-corrected chi connectivity index (χ4v) is 5.54. The largest absolute Gasteiger partial charge is 0.390 e. The molecule has 0 radical (unpaired) electrons. The van der Waals surface area contributed by atoms with Crippen LogP contribution in [0.4, 0.5) is 5.69 Å². The lowest BCUT2D eigenvalue weighted by atomic mass is 9.62. The first kappa shape index (κ1) is 18.4. The number of benzene rings is 1. The summed E-state index contributed by atoms with van der Waals surface area (Å²) in [6.45, 7) is 5.09. The van der Waals surface area contributed by atoms with Gasteiger partial charge in [0.25, 0.3) is 5.91 Å². The van der Waals surface area contributed by atoms with E-state index in [0.717, 1.165) is 4.90 Å². The zero-order chi connectivity index (χ0) is 19.9. The molecule has 0 aromatic heterocycles. The van der Waals surface area contributed by atoms with Gasteiger partial charge in [0.15, 0.2) is 0 Å². The van der Waals surface area contributed by atoms with Gasteiger partial charge in [-0.3, -0.25) is 9.59 Å². The summed E-state index contributed by atoms with van der Waals surface area (Å²) in [6.07, 6.45) is -0.614. The number of halogens is 1. The van der Waals surface area contributed by atoms with Crippen molar-refractivity contribution in [2.75, 3.05) is 11.9 Å². The van der Waals surface area contributed by atoms with Gasteiger partial charge in [-0.05, 0) is 45.5 Å². The predicted octanol–water partition coefficient (Wildman–Crippen LogP) is 1.28. The molecule has 5 atom stereocenters. The molecule has 0 spiro atoms. The number of hydrogen-bond donors (Lipinski definition) is 2. The Morgan fingerprint density at radius 3 is 2.67 bits per heavy atom. The minimum absolute atomic E-state index is 0.186. The highest BCUT2D eigenvalue weighted by molar-refractivity contribution is 6.37. The van der Waals surface area contributed by atoms with Crippen LogP contribution in [0.15, 0.2) is 12.1 Å². The smallest absolute Gasteiger partial charge is 0.258 e. The Labute approximate surface area is 161 Å². The van der Waals surface area contributed by atoms with E-state index < -0.39 is 40.6 Å². The minimum Gasteiger partial charge on any atom is -0.390 e. The molecule has 4 rings (SSSR count). The average molecular weight is 390 g/mol. The summed E-state index contributed by atoms with van der Waals surface area (Å²) in [5.41, 5.74) is -2.37. The van der Waals surface area contributed by atoms with E-state index in [1.54, 1.807) is 33.9 Å². The van der Waals surface area contributed by atoms with Gasteiger partial charge in [-0.2, -0.15) is 5.26 Å². The number of anilines is 1. The van der Waals surface area contributed by atoms with Gasteiger partial charge >= 0.3 is 0 Å². The Bertz CT molecular complexity index is 944. The second-order valence-electron chi connectivity index (χ2n) is 7.89. The maximum Gasteiger partial charge on any atom is 0.258 e. The van der Waals surface area contributed by atoms with Crippen molar-refractivity contribution >= 4 is 29.1 Å². The van der Waals surface area contributed by atoms with Crippen molar-refractivity contribution in [2.24, 2.45) is 5.92 Å². The van der Waals surface area contributed by atoms with E-state index in [9.17, 15) is 20.0 Å². The van der Waals surface area contributed by atoms with Gasteiger partial charge in [0.2, 0.25) is 5.91 Å². The number of aliphatic hydroxyl groups is 1. The second-order valence-corrected chi connectivity index (χ2v) is 8.27. The molecule has 2 N–H and O–H groups in total. The number of fused-ring (bicyclic) bond motifs is 5. The van der Waals surface area contributed by atoms with Crippen molar-refractivity contribution in [2.45, 2.75) is 50.0 Å². The summed E-state index contributed by atoms with van der Waals surface area (Å²) in [5.74, 6) is -1.81. The molecule has 3 heterocycles. The zero-order valence-corrected chi connectivity index (χ0v) is 16.2. The number of likely N-dealkylation sites (N-methyl/N-ethyl adjacent to an activating group) is 1. The number of nitriles is 1. The van der Waals surface area contributed by atoms with Crippen LogP contribution in [0.2, 0.25) is 5.02 Å². The molecule has 1 aromatic rings. The van der Waals surface area contributed by atoms with Gasteiger partial charge < -0.3 is 15.2 Å². The maximum atomic E-state index is 13.6. The molecule has 3 saturated heterocycles. The van der Waals surface area contributed by atoms with Crippen LogP contribution >= 0.6 is 11.6 Å². The molecule has 2 amide bonds. The van der Waals surface area contributed by atoms with Crippen molar-refractivity contribution in [3.63, 3.8) is 0 Å². The fourth-order valence-electron chi connectivity index (χ4n) is 5.29. The number of carbonyl (C=O) groups excluding carboxylic acids is 2. The van der Waals surface area contributed by atoms with Crippen LogP contribution in [-0.4, -0.2) is 46.8 Å². The minimum atomic E-state index is -1.29. The summed E-state index contributed by atoms with van der Waals surface area (Å²) in [7, 11) is 1.62. The lowest BCUT2D eigenvalue weighted by Crippen LogP contribution is -2.68. The number of imide groups is 1. The molecule has 3 aliphatic heterocycles. The molecule has 2 bridgehead atoms. The van der Waals surface area contributed by atoms with Gasteiger partial charge in [0.05, 0.1) is 34.0 Å². The molecular weight excluding hydrogens is 370 g/mol. The van der Waals surface area contributed by atoms with Gasteiger partial charge in [-0.1, -0.05) is 11.6 Å². The number of amides is 2. The van der Waals surface area contributed by atoms with Crippen LogP contribution in [0, 0.1) is 24.2 Å². The van der Waals surface area contributed by atoms with E-state index in [1.165, 1.54) is 6.07 Å². The van der Waals surface area contributed by atoms with E-state index in [2.05, 4.69) is 5.32 Å². The Kier molecular flexibility index (Phi) is 3.61. The molecule has 8 heteroatoms. The number of ether oxygens (including phenoxy) is 1. The van der Waals surface area contributed by atoms with Crippen LogP contribution in [0.3, 0.4) is 0 Å². The van der Waals surface area contributed by atoms with E-state index in [1.807, 2.05) is 6.07 Å². The number of nitrogens with one attached hydrogen (secondary N) is 1. The number of nitrogens with zero attached hydrogens (tertiary/aromatic N) is 2. The number of carbonyl (C=O) groups is 2. The predicted molar refractivity (Wildman–Crippen MR) is 97.2 cm³/mol. The van der Waals surface area contributed by atoms with Crippen LogP contribution < -0.4 is 10.2 Å². The van der Waals surface area contributed by atoms with Crippen LogP contribution in [-0.2, 0) is 14.3 Å². The third-order valence-electron chi connectivity index (χ3n) is 6.66. The highest BCUT2D eigenvalue weighted by Crippen LogP contribution is 2.63. The Hall–Kier alpha value is -1.98.